The molecule has 0 saturated carbocycles. The lowest BCUT2D eigenvalue weighted by molar-refractivity contribution is -0.143. The highest BCUT2D eigenvalue weighted by Crippen LogP contribution is 2.26. The van der Waals surface area contributed by atoms with Crippen LogP contribution >= 0.6 is 15.9 Å². The molecule has 2 rings (SSSR count). The third kappa shape index (κ3) is 4.97. The largest absolute Gasteiger partial charge is 0.476 e. The number of carboxylic acids is 1. The van der Waals surface area contributed by atoms with Gasteiger partial charge >= 0.3 is 5.97 Å². The third-order valence-electron chi connectivity index (χ3n) is 2.63. The van der Waals surface area contributed by atoms with Crippen molar-refractivity contribution in [3.8, 4) is 11.1 Å². The fraction of sp³-hybridized carbons (Fsp3) is 0.125. The minimum Gasteiger partial charge on any atom is -0.476 e. The summed E-state index contributed by atoms with van der Waals surface area (Å²) in [5.74, 6) is -1.43. The van der Waals surface area contributed by atoms with Crippen LogP contribution in [0.1, 0.15) is 12.5 Å². The summed E-state index contributed by atoms with van der Waals surface area (Å²) in [5.41, 5.74) is 4.01. The number of carbonyl (C=O) groups excluding carboxylic acids is 1. The normalized spacial score (nSPS) is 9.30. The zero-order valence-electron chi connectivity index (χ0n) is 11.0. The van der Waals surface area contributed by atoms with Gasteiger partial charge in [-0.2, -0.15) is 0 Å². The Kier molecular flexibility index (Phi) is 6.67. The van der Waals surface area contributed by atoms with E-state index in [2.05, 4.69) is 65.3 Å². The van der Waals surface area contributed by atoms with Gasteiger partial charge in [0.25, 0.3) is 0 Å². The molecule has 2 aromatic carbocycles. The molecule has 0 amide bonds. The van der Waals surface area contributed by atoms with Crippen molar-refractivity contribution in [3.63, 3.8) is 0 Å². The monoisotopic (exact) mass is 334 g/mol. The molecule has 0 aliphatic carbocycles. The Hall–Kier alpha value is -1.94. The second-order valence-electron chi connectivity index (χ2n) is 3.98. The zero-order chi connectivity index (χ0) is 15.0. The van der Waals surface area contributed by atoms with E-state index >= 15 is 0 Å². The molecule has 0 spiro atoms. The molecule has 0 saturated heterocycles. The highest BCUT2D eigenvalue weighted by Gasteiger charge is 2.03. The zero-order valence-corrected chi connectivity index (χ0v) is 12.6. The molecule has 0 unspecified atom stereocenters. The number of rotatable bonds is 3. The molecule has 104 valence electrons. The Bertz CT molecular complexity index is 580. The van der Waals surface area contributed by atoms with Crippen molar-refractivity contribution in [2.45, 2.75) is 13.3 Å². The van der Waals surface area contributed by atoms with Gasteiger partial charge in [0.05, 0.1) is 0 Å². The van der Waals surface area contributed by atoms with E-state index in [1.165, 1.54) is 16.7 Å². The van der Waals surface area contributed by atoms with Crippen LogP contribution in [0.15, 0.2) is 53.0 Å². The standard InChI is InChI=1S/C14H13Br.C2H2O3/c1-2-11-10-13(15)8-9-14(11)12-6-4-3-5-7-12;3-1-2(4)5/h3-10H,2H2,1H3;1H,(H,4,5). The van der Waals surface area contributed by atoms with Crippen molar-refractivity contribution in [1.82, 2.24) is 0 Å². The van der Waals surface area contributed by atoms with Crippen LogP contribution in [0.3, 0.4) is 0 Å². The number of aliphatic carboxylic acids is 1. The quantitative estimate of drug-likeness (QED) is 0.683. The van der Waals surface area contributed by atoms with Gasteiger partial charge in [0.1, 0.15) is 0 Å². The van der Waals surface area contributed by atoms with Crippen molar-refractivity contribution in [2.75, 3.05) is 0 Å². The van der Waals surface area contributed by atoms with Gasteiger partial charge in [-0.3, -0.25) is 4.79 Å². The van der Waals surface area contributed by atoms with E-state index in [4.69, 9.17) is 14.7 Å². The smallest absolute Gasteiger partial charge is 0.368 e. The summed E-state index contributed by atoms with van der Waals surface area (Å²) >= 11 is 3.51. The van der Waals surface area contributed by atoms with Crippen LogP contribution in [-0.2, 0) is 16.0 Å². The lowest BCUT2D eigenvalue weighted by Gasteiger charge is -2.08. The summed E-state index contributed by atoms with van der Waals surface area (Å²) in [6.07, 6.45) is 0.893. The van der Waals surface area contributed by atoms with Crippen molar-refractivity contribution in [1.29, 1.82) is 0 Å². The molecule has 3 nitrogen and oxygen atoms in total. The molecule has 4 heteroatoms. The second-order valence-corrected chi connectivity index (χ2v) is 4.89. The summed E-state index contributed by atoms with van der Waals surface area (Å²) < 4.78 is 1.15. The Morgan fingerprint density at radius 3 is 2.30 bits per heavy atom. The summed E-state index contributed by atoms with van der Waals surface area (Å²) in [6.45, 7) is 2.19. The minimum atomic E-state index is -1.43. The fourth-order valence-corrected chi connectivity index (χ4v) is 2.16. The summed E-state index contributed by atoms with van der Waals surface area (Å²) in [4.78, 5) is 17.9. The molecular formula is C16H15BrO3. The van der Waals surface area contributed by atoms with Crippen molar-refractivity contribution in [3.05, 3.63) is 58.6 Å². The fourth-order valence-electron chi connectivity index (χ4n) is 1.75. The molecule has 0 aliphatic rings. The molecule has 0 aliphatic heterocycles. The van der Waals surface area contributed by atoms with Gasteiger partial charge in [-0.25, -0.2) is 4.79 Å². The Morgan fingerprint density at radius 1 is 1.20 bits per heavy atom. The summed E-state index contributed by atoms with van der Waals surface area (Å²) in [6, 6.07) is 17.0. The van der Waals surface area contributed by atoms with Gasteiger partial charge < -0.3 is 5.11 Å². The number of hydrogen-bond donors (Lipinski definition) is 1. The topological polar surface area (TPSA) is 54.4 Å². The number of hydrogen-bond acceptors (Lipinski definition) is 2. The van der Waals surface area contributed by atoms with Crippen LogP contribution in [0, 0.1) is 0 Å². The number of carbonyl (C=O) groups is 2. The molecule has 0 radical (unpaired) electrons. The van der Waals surface area contributed by atoms with E-state index < -0.39 is 5.97 Å². The van der Waals surface area contributed by atoms with Crippen LogP contribution in [0.2, 0.25) is 0 Å². The lowest BCUT2D eigenvalue weighted by atomic mass is 9.98. The first-order valence-electron chi connectivity index (χ1n) is 6.10. The summed E-state index contributed by atoms with van der Waals surface area (Å²) in [7, 11) is 0. The Labute approximate surface area is 126 Å². The molecule has 0 atom stereocenters. The van der Waals surface area contributed by atoms with Gasteiger partial charge in [0.2, 0.25) is 6.29 Å². The van der Waals surface area contributed by atoms with E-state index in [0.29, 0.717) is 0 Å². The molecule has 0 fully saturated rings. The maximum Gasteiger partial charge on any atom is 0.368 e. The average molecular weight is 335 g/mol. The first kappa shape index (κ1) is 16.1. The highest BCUT2D eigenvalue weighted by molar-refractivity contribution is 9.10. The van der Waals surface area contributed by atoms with Crippen LogP contribution in [0.5, 0.6) is 0 Å². The Balaban J connectivity index is 0.000000347. The number of carboxylic acid groups (broad SMARTS) is 1. The van der Waals surface area contributed by atoms with Crippen LogP contribution in [0.25, 0.3) is 11.1 Å². The van der Waals surface area contributed by atoms with Gasteiger partial charge in [0.15, 0.2) is 0 Å². The van der Waals surface area contributed by atoms with E-state index in [0.717, 1.165) is 10.9 Å². The van der Waals surface area contributed by atoms with E-state index in [1.54, 1.807) is 0 Å². The van der Waals surface area contributed by atoms with Crippen molar-refractivity contribution in [2.24, 2.45) is 0 Å². The van der Waals surface area contributed by atoms with E-state index in [1.807, 2.05) is 6.07 Å². The molecule has 1 N–H and O–H groups in total. The first-order valence-corrected chi connectivity index (χ1v) is 6.89. The second kappa shape index (κ2) is 8.27. The van der Waals surface area contributed by atoms with Crippen LogP contribution in [-0.4, -0.2) is 17.4 Å². The minimum absolute atomic E-state index is 0.167. The number of aryl methyl sites for hydroxylation is 1. The van der Waals surface area contributed by atoms with E-state index in [-0.39, 0.29) is 6.29 Å². The van der Waals surface area contributed by atoms with Crippen LogP contribution in [0.4, 0.5) is 0 Å². The maximum absolute atomic E-state index is 9.00. The predicted molar refractivity (Wildman–Crippen MR) is 82.7 cm³/mol. The van der Waals surface area contributed by atoms with Crippen LogP contribution < -0.4 is 0 Å². The summed E-state index contributed by atoms with van der Waals surface area (Å²) in [5, 5.41) is 7.35. The third-order valence-corrected chi connectivity index (χ3v) is 3.13. The SMILES string of the molecule is CCc1cc(Br)ccc1-c1ccccc1.O=CC(=O)O. The number of aldehydes is 1. The molecule has 2 aromatic rings. The van der Waals surface area contributed by atoms with Gasteiger partial charge in [-0.15, -0.1) is 0 Å². The molecule has 0 aromatic heterocycles. The Morgan fingerprint density at radius 2 is 1.80 bits per heavy atom. The molecule has 0 heterocycles. The highest BCUT2D eigenvalue weighted by atomic mass is 79.9. The molecule has 20 heavy (non-hydrogen) atoms. The van der Waals surface area contributed by atoms with Gasteiger partial charge in [-0.1, -0.05) is 59.3 Å². The van der Waals surface area contributed by atoms with E-state index in [9.17, 15) is 0 Å². The molecular weight excluding hydrogens is 320 g/mol. The molecule has 0 bridgehead atoms. The van der Waals surface area contributed by atoms with Crippen molar-refractivity contribution < 1.29 is 14.7 Å². The van der Waals surface area contributed by atoms with Crippen molar-refractivity contribution >= 4 is 28.2 Å². The van der Waals surface area contributed by atoms with Gasteiger partial charge in [-0.05, 0) is 35.2 Å². The lowest BCUT2D eigenvalue weighted by Crippen LogP contribution is -1.91. The number of benzene rings is 2. The van der Waals surface area contributed by atoms with Gasteiger partial charge in [0, 0.05) is 4.47 Å². The first-order chi connectivity index (χ1) is 9.58. The average Bonchev–Trinajstić information content (AvgIpc) is 2.48. The predicted octanol–water partition coefficient (Wildman–Crippen LogP) is 3.95. The number of halogens is 1. The maximum atomic E-state index is 9.00.